The van der Waals surface area contributed by atoms with E-state index in [0.717, 1.165) is 5.56 Å². The third-order valence-corrected chi connectivity index (χ3v) is 4.10. The topological polar surface area (TPSA) is 66.8 Å². The second-order valence-corrected chi connectivity index (χ2v) is 5.46. The lowest BCUT2D eigenvalue weighted by atomic mass is 10.1. The van der Waals surface area contributed by atoms with Crippen molar-refractivity contribution in [1.29, 1.82) is 0 Å². The number of hydrogen-bond donors (Lipinski definition) is 1. The molecule has 1 aromatic carbocycles. The molecule has 1 amide bonds. The van der Waals surface area contributed by atoms with E-state index in [4.69, 9.17) is 9.84 Å². The van der Waals surface area contributed by atoms with Crippen LogP contribution in [-0.4, -0.2) is 47.7 Å². The van der Waals surface area contributed by atoms with Crippen LogP contribution in [0, 0.1) is 11.7 Å². The summed E-state index contributed by atoms with van der Waals surface area (Å²) in [6.45, 7) is 0.709. The predicted octanol–water partition coefficient (Wildman–Crippen LogP) is 1.24. The molecule has 1 saturated carbocycles. The molecule has 5 nitrogen and oxygen atoms in total. The van der Waals surface area contributed by atoms with Gasteiger partial charge in [0.25, 0.3) is 0 Å². The van der Waals surface area contributed by atoms with Crippen LogP contribution in [0.15, 0.2) is 24.3 Å². The van der Waals surface area contributed by atoms with Gasteiger partial charge in [-0.05, 0) is 30.0 Å². The molecule has 0 aromatic heterocycles. The Kier molecular flexibility index (Phi) is 3.63. The van der Waals surface area contributed by atoms with Crippen LogP contribution >= 0.6 is 0 Å². The summed E-state index contributed by atoms with van der Waals surface area (Å²) < 4.78 is 18.0. The van der Waals surface area contributed by atoms with Crippen molar-refractivity contribution in [2.24, 2.45) is 5.92 Å². The highest BCUT2D eigenvalue weighted by Gasteiger charge is 2.48. The van der Waals surface area contributed by atoms with Crippen LogP contribution in [-0.2, 0) is 14.3 Å². The molecule has 3 atom stereocenters. The van der Waals surface area contributed by atoms with E-state index in [9.17, 15) is 14.0 Å². The maximum Gasteiger partial charge on any atom is 0.328 e. The van der Waals surface area contributed by atoms with Crippen molar-refractivity contribution in [2.45, 2.75) is 18.4 Å². The molecule has 0 bridgehead atoms. The molecule has 112 valence electrons. The van der Waals surface area contributed by atoms with Crippen LogP contribution in [0.25, 0.3) is 0 Å². The summed E-state index contributed by atoms with van der Waals surface area (Å²) in [7, 11) is 0. The fourth-order valence-electron chi connectivity index (χ4n) is 2.83. The highest BCUT2D eigenvalue weighted by Crippen LogP contribution is 2.48. The molecule has 1 aliphatic carbocycles. The van der Waals surface area contributed by atoms with Crippen LogP contribution < -0.4 is 0 Å². The van der Waals surface area contributed by atoms with Crippen LogP contribution in [0.1, 0.15) is 17.9 Å². The Hall–Kier alpha value is -1.95. The number of benzene rings is 1. The molecule has 1 saturated heterocycles. The first-order valence-electron chi connectivity index (χ1n) is 6.94. The van der Waals surface area contributed by atoms with Crippen molar-refractivity contribution >= 4 is 11.9 Å². The second-order valence-electron chi connectivity index (χ2n) is 5.46. The van der Waals surface area contributed by atoms with E-state index >= 15 is 0 Å². The number of aliphatic carboxylic acids is 1. The highest BCUT2D eigenvalue weighted by molar-refractivity contribution is 5.88. The van der Waals surface area contributed by atoms with Crippen molar-refractivity contribution in [2.75, 3.05) is 19.8 Å². The lowest BCUT2D eigenvalue weighted by Gasteiger charge is -2.33. The number of hydrogen-bond acceptors (Lipinski definition) is 3. The van der Waals surface area contributed by atoms with Gasteiger partial charge in [0, 0.05) is 12.5 Å². The van der Waals surface area contributed by atoms with Gasteiger partial charge >= 0.3 is 5.97 Å². The van der Waals surface area contributed by atoms with Gasteiger partial charge in [0.15, 0.2) is 6.04 Å². The van der Waals surface area contributed by atoms with Gasteiger partial charge in [-0.15, -0.1) is 0 Å². The van der Waals surface area contributed by atoms with Gasteiger partial charge in [0.05, 0.1) is 13.2 Å². The summed E-state index contributed by atoms with van der Waals surface area (Å²) in [5, 5.41) is 9.16. The molecule has 3 rings (SSSR count). The fraction of sp³-hybridized carbons (Fsp3) is 0.467. The minimum absolute atomic E-state index is 0.0367. The van der Waals surface area contributed by atoms with Gasteiger partial charge in [-0.3, -0.25) is 4.79 Å². The second kappa shape index (κ2) is 5.44. The Labute approximate surface area is 121 Å². The Balaban J connectivity index is 1.69. The van der Waals surface area contributed by atoms with E-state index in [-0.39, 0.29) is 30.2 Å². The summed E-state index contributed by atoms with van der Waals surface area (Å²) in [5.41, 5.74) is 0.926. The number of halogens is 1. The molecule has 1 aromatic rings. The third kappa shape index (κ3) is 2.76. The molecule has 21 heavy (non-hydrogen) atoms. The average Bonchev–Trinajstić information content (AvgIpc) is 3.27. The van der Waals surface area contributed by atoms with E-state index in [1.54, 1.807) is 12.1 Å². The molecule has 2 aliphatic rings. The summed E-state index contributed by atoms with van der Waals surface area (Å²) in [6, 6.07) is 5.22. The van der Waals surface area contributed by atoms with E-state index in [2.05, 4.69) is 0 Å². The standard InChI is InChI=1S/C15H16FNO4/c16-10-3-1-9(2-4-10)11-7-12(11)14(18)17-5-6-21-8-13(17)15(19)20/h1-4,11-13H,5-8H2,(H,19,20)/t11-,12-,13-/m0/s1. The molecule has 6 heteroatoms. The number of carbonyl (C=O) groups is 2. The van der Waals surface area contributed by atoms with Crippen molar-refractivity contribution < 1.29 is 23.8 Å². The van der Waals surface area contributed by atoms with Crippen molar-refractivity contribution in [3.05, 3.63) is 35.6 Å². The normalized spacial score (nSPS) is 28.2. The summed E-state index contributed by atoms with van der Waals surface area (Å²) >= 11 is 0. The molecular weight excluding hydrogens is 277 g/mol. The molecule has 0 radical (unpaired) electrons. The van der Waals surface area contributed by atoms with Crippen LogP contribution in [0.2, 0.25) is 0 Å². The maximum atomic E-state index is 12.9. The molecule has 0 spiro atoms. The average molecular weight is 293 g/mol. The zero-order valence-electron chi connectivity index (χ0n) is 11.4. The van der Waals surface area contributed by atoms with E-state index in [1.807, 2.05) is 0 Å². The quantitative estimate of drug-likeness (QED) is 0.910. The number of carboxylic acids is 1. The Morgan fingerprint density at radius 1 is 1.29 bits per heavy atom. The summed E-state index contributed by atoms with van der Waals surface area (Å²) in [6.07, 6.45) is 0.689. The zero-order chi connectivity index (χ0) is 15.0. The zero-order valence-corrected chi connectivity index (χ0v) is 11.4. The number of carboxylic acid groups (broad SMARTS) is 1. The third-order valence-electron chi connectivity index (χ3n) is 4.10. The number of rotatable bonds is 3. The minimum atomic E-state index is -1.04. The molecule has 1 aliphatic heterocycles. The largest absolute Gasteiger partial charge is 0.480 e. The van der Waals surface area contributed by atoms with Gasteiger partial charge in [0.2, 0.25) is 5.91 Å². The van der Waals surface area contributed by atoms with E-state index in [1.165, 1.54) is 17.0 Å². The highest BCUT2D eigenvalue weighted by atomic mass is 19.1. The van der Waals surface area contributed by atoms with Crippen LogP contribution in [0.5, 0.6) is 0 Å². The first-order valence-corrected chi connectivity index (χ1v) is 6.94. The van der Waals surface area contributed by atoms with Gasteiger partial charge < -0.3 is 14.7 Å². The van der Waals surface area contributed by atoms with Crippen LogP contribution in [0.3, 0.4) is 0 Å². The first-order chi connectivity index (χ1) is 10.1. The van der Waals surface area contributed by atoms with Crippen molar-refractivity contribution in [3.63, 3.8) is 0 Å². The number of ether oxygens (including phenoxy) is 1. The number of morpholine rings is 1. The molecule has 1 N–H and O–H groups in total. The SMILES string of the molecule is O=C(O)[C@@H]1COCCN1C(=O)[C@H]1C[C@H]1c1ccc(F)cc1. The Morgan fingerprint density at radius 2 is 2.00 bits per heavy atom. The molecular formula is C15H16FNO4. The predicted molar refractivity (Wildman–Crippen MR) is 71.2 cm³/mol. The monoisotopic (exact) mass is 293 g/mol. The maximum absolute atomic E-state index is 12.9. The van der Waals surface area contributed by atoms with Crippen molar-refractivity contribution in [3.8, 4) is 0 Å². The number of amides is 1. The summed E-state index contributed by atoms with van der Waals surface area (Å²) in [4.78, 5) is 25.0. The fourth-order valence-corrected chi connectivity index (χ4v) is 2.83. The molecule has 1 heterocycles. The number of nitrogens with zero attached hydrogens (tertiary/aromatic N) is 1. The molecule has 2 fully saturated rings. The van der Waals surface area contributed by atoms with Crippen LogP contribution in [0.4, 0.5) is 4.39 Å². The Bertz CT molecular complexity index is 559. The minimum Gasteiger partial charge on any atom is -0.480 e. The number of carbonyl (C=O) groups excluding carboxylic acids is 1. The van der Waals surface area contributed by atoms with Gasteiger partial charge in [-0.1, -0.05) is 12.1 Å². The summed E-state index contributed by atoms with van der Waals surface area (Å²) in [5.74, 6) is -1.62. The van der Waals surface area contributed by atoms with E-state index < -0.39 is 12.0 Å². The van der Waals surface area contributed by atoms with Crippen molar-refractivity contribution in [1.82, 2.24) is 4.90 Å². The van der Waals surface area contributed by atoms with E-state index in [0.29, 0.717) is 19.6 Å². The van der Waals surface area contributed by atoms with Gasteiger partial charge in [-0.25, -0.2) is 9.18 Å². The lowest BCUT2D eigenvalue weighted by Crippen LogP contribution is -2.53. The molecule has 0 unspecified atom stereocenters. The van der Waals surface area contributed by atoms with Gasteiger partial charge in [0.1, 0.15) is 5.82 Å². The Morgan fingerprint density at radius 3 is 2.67 bits per heavy atom. The first kappa shape index (κ1) is 14.0. The smallest absolute Gasteiger partial charge is 0.328 e. The lowest BCUT2D eigenvalue weighted by molar-refractivity contribution is -0.158. The van der Waals surface area contributed by atoms with Gasteiger partial charge in [-0.2, -0.15) is 0 Å².